The van der Waals surface area contributed by atoms with Crippen molar-refractivity contribution in [1.82, 2.24) is 47.9 Å². The number of carbonyl (C=O) groups is 18. The van der Waals surface area contributed by atoms with E-state index in [-0.39, 0.29) is 137 Å². The SMILES string of the molecule is CC(=O)N[C@H]1[C@H](OCCCCCNC(=O)COCCNC(=O)CCC(N)(CCC(=O)NCCOCC(=O)NCCCCCO[C@@H]2O[C@H](COC(C)=O)[C@H](OC(C)=O)[C@H](OC(C)=O)[C@H]2NC(C)=O)CCC(=O)NCCOCC(=O)NCCCCCO[C@@H]2O[C@H](COC(C)=O)[C@H](OC(C)=O)[C@H](OC(C)=O)[C@H]2NC(C)=O)O[C@H](COC(C)=O)[C@H](OC(C)=O)[C@@H]1OC(C)=O. The van der Waals surface area contributed by atoms with Crippen LogP contribution in [0.2, 0.25) is 0 Å². The summed E-state index contributed by atoms with van der Waals surface area (Å²) < 4.78 is 100. The third kappa shape index (κ3) is 47.8. The fourth-order valence-electron chi connectivity index (χ4n) is 13.0. The van der Waals surface area contributed by atoms with Crippen molar-refractivity contribution in [2.75, 3.05) is 119 Å². The van der Waals surface area contributed by atoms with Crippen LogP contribution >= 0.6 is 0 Å². The molecule has 0 radical (unpaired) electrons. The highest BCUT2D eigenvalue weighted by Gasteiger charge is 2.54. The van der Waals surface area contributed by atoms with E-state index in [1.54, 1.807) is 0 Å². The van der Waals surface area contributed by atoms with Gasteiger partial charge in [-0.1, -0.05) is 0 Å². The minimum Gasteiger partial charge on any atom is -0.463 e. The zero-order valence-electron chi connectivity index (χ0n) is 73.3. The molecule has 710 valence electrons. The highest BCUT2D eigenvalue weighted by molar-refractivity contribution is 5.80. The van der Waals surface area contributed by atoms with E-state index < -0.39 is 224 Å². The van der Waals surface area contributed by atoms with Crippen molar-refractivity contribution in [1.29, 1.82) is 0 Å². The lowest BCUT2D eigenvalue weighted by molar-refractivity contribution is -0.277. The predicted molar refractivity (Wildman–Crippen MR) is 427 cm³/mol. The second kappa shape index (κ2) is 60.6. The Morgan fingerprint density at radius 1 is 0.280 bits per heavy atom. The maximum atomic E-state index is 13.2. The molecule has 3 fully saturated rings. The van der Waals surface area contributed by atoms with Gasteiger partial charge in [0.25, 0.3) is 0 Å². The van der Waals surface area contributed by atoms with Crippen LogP contribution in [0.4, 0.5) is 0 Å². The minimum atomic E-state index is -1.28. The molecule has 0 unspecified atom stereocenters. The topological polar surface area (TPSA) is 608 Å². The molecule has 125 heavy (non-hydrogen) atoms. The van der Waals surface area contributed by atoms with Gasteiger partial charge < -0.3 is 139 Å². The van der Waals surface area contributed by atoms with Gasteiger partial charge >= 0.3 is 53.7 Å². The summed E-state index contributed by atoms with van der Waals surface area (Å²) >= 11 is 0. The normalized spacial score (nSPS) is 22.0. The van der Waals surface area contributed by atoms with E-state index in [0.29, 0.717) is 57.8 Å². The first kappa shape index (κ1) is 109. The Morgan fingerprint density at radius 2 is 0.512 bits per heavy atom. The highest BCUT2D eigenvalue weighted by atomic mass is 16.7. The molecule has 9 amide bonds. The smallest absolute Gasteiger partial charge is 0.303 e. The number of rotatable bonds is 60. The van der Waals surface area contributed by atoms with Crippen molar-refractivity contribution in [2.45, 2.75) is 277 Å². The molecular formula is C79H128N10O36. The van der Waals surface area contributed by atoms with Crippen LogP contribution in [0.3, 0.4) is 0 Å². The zero-order valence-corrected chi connectivity index (χ0v) is 73.3. The van der Waals surface area contributed by atoms with Gasteiger partial charge in [0.2, 0.25) is 53.2 Å². The molecule has 0 bridgehead atoms. The molecule has 0 aromatic rings. The van der Waals surface area contributed by atoms with E-state index in [9.17, 15) is 86.3 Å². The highest BCUT2D eigenvalue weighted by Crippen LogP contribution is 2.32. The molecule has 0 aliphatic carbocycles. The van der Waals surface area contributed by atoms with Crippen molar-refractivity contribution in [3.63, 3.8) is 0 Å². The van der Waals surface area contributed by atoms with Crippen LogP contribution in [0.1, 0.15) is 179 Å². The van der Waals surface area contributed by atoms with Gasteiger partial charge in [0.15, 0.2) is 55.5 Å². The number of nitrogens with two attached hydrogens (primary N) is 1. The molecular weight excluding hydrogens is 1660 g/mol. The van der Waals surface area contributed by atoms with Gasteiger partial charge in [-0.25, -0.2) is 0 Å². The van der Waals surface area contributed by atoms with Crippen LogP contribution in [-0.2, 0) is 172 Å². The Hall–Kier alpha value is -9.94. The van der Waals surface area contributed by atoms with Crippen LogP contribution in [0.25, 0.3) is 0 Å². The number of carbonyl (C=O) groups excluding carboxylic acids is 18. The number of hydrogen-bond acceptors (Lipinski definition) is 37. The van der Waals surface area contributed by atoms with Gasteiger partial charge in [0.05, 0.1) is 19.8 Å². The first-order chi connectivity index (χ1) is 59.3. The molecule has 15 atom stereocenters. The van der Waals surface area contributed by atoms with E-state index in [2.05, 4.69) is 47.9 Å². The van der Waals surface area contributed by atoms with Crippen molar-refractivity contribution in [3.8, 4) is 0 Å². The van der Waals surface area contributed by atoms with Crippen LogP contribution < -0.4 is 53.6 Å². The summed E-state index contributed by atoms with van der Waals surface area (Å²) in [6.45, 7) is 12.6. The average Bonchev–Trinajstić information content (AvgIpc) is 0.796. The third-order valence-corrected chi connectivity index (χ3v) is 18.4. The monoisotopic (exact) mass is 1790 g/mol. The maximum Gasteiger partial charge on any atom is 0.303 e. The Labute approximate surface area is 724 Å². The summed E-state index contributed by atoms with van der Waals surface area (Å²) in [5.74, 6) is -10.7. The largest absolute Gasteiger partial charge is 0.463 e. The van der Waals surface area contributed by atoms with Gasteiger partial charge in [0, 0.05) is 167 Å². The van der Waals surface area contributed by atoms with Crippen molar-refractivity contribution in [3.05, 3.63) is 0 Å². The van der Waals surface area contributed by atoms with Crippen LogP contribution in [0.5, 0.6) is 0 Å². The molecule has 0 saturated carbocycles. The molecule has 46 heteroatoms. The van der Waals surface area contributed by atoms with Gasteiger partial charge in [0.1, 0.15) is 76.1 Å². The molecule has 0 spiro atoms. The van der Waals surface area contributed by atoms with E-state index in [1.165, 1.54) is 20.8 Å². The summed E-state index contributed by atoms with van der Waals surface area (Å²) in [6.07, 6.45) is -10.7. The molecule has 3 heterocycles. The van der Waals surface area contributed by atoms with Crippen LogP contribution in [0.15, 0.2) is 0 Å². The van der Waals surface area contributed by atoms with E-state index in [1.807, 2.05) is 0 Å². The summed E-state index contributed by atoms with van der Waals surface area (Å²) in [5, 5.41) is 24.2. The molecule has 3 rings (SSSR count). The van der Waals surface area contributed by atoms with Gasteiger partial charge in [-0.3, -0.25) is 86.3 Å². The minimum absolute atomic E-state index is 0.00853. The first-order valence-electron chi connectivity index (χ1n) is 41.4. The lowest BCUT2D eigenvalue weighted by Gasteiger charge is -2.44. The summed E-state index contributed by atoms with van der Waals surface area (Å²) in [6, 6.07) is -3.40. The predicted octanol–water partition coefficient (Wildman–Crippen LogP) is -2.70. The quantitative estimate of drug-likeness (QED) is 0.0168. The number of unbranched alkanes of at least 4 members (excludes halogenated alkanes) is 6. The standard InChI is InChI=1S/C79H128N10O36/c1-46(90)87-67-73(120-55(10)99)70(117-52(7)96)58(40-114-49(4)93)123-76(67)111-34-19-13-16-28-81-64(105)43-108-37-31-84-61(102)22-25-79(80,26-23-62(103)85-32-38-109-44-65(106)82-29-17-14-20-35-112-77-68(88-47(2)91)74(121-56(11)100)71(118-53(8)97)59(124-77)41-115-50(5)94)27-24-63(104)86-33-39-110-45-66(107)83-30-18-15-21-36-113-78-69(89-48(3)92)75(122-57(12)101)72(119-54(9)98)60(125-78)42-116-51(6)95/h58-60,67-78H,13-45,80H2,1-12H3,(H,81,105)(H,82,106)(H,83,107)(H,84,102)(H,85,103)(H,86,104)(H,87,90)(H,88,91)(H,89,92)/t58-,59-,60-,67-,68-,69-,70+,71+,72+,73-,74-,75-,76-,77-,78-/m1/s1. The Morgan fingerprint density at radius 3 is 0.736 bits per heavy atom. The second-order valence-electron chi connectivity index (χ2n) is 29.6. The van der Waals surface area contributed by atoms with E-state index >= 15 is 0 Å². The van der Waals surface area contributed by atoms with E-state index in [4.69, 9.17) is 91.0 Å². The Bertz CT molecular complexity index is 3140. The number of nitrogens with one attached hydrogen (secondary N) is 9. The fourth-order valence-corrected chi connectivity index (χ4v) is 13.0. The zero-order chi connectivity index (χ0) is 93.0. The van der Waals surface area contributed by atoms with Gasteiger partial charge in [-0.15, -0.1) is 0 Å². The van der Waals surface area contributed by atoms with Crippen molar-refractivity contribution >= 4 is 107 Å². The second-order valence-corrected chi connectivity index (χ2v) is 29.6. The number of amides is 9. The Balaban J connectivity index is 1.48. The lowest BCUT2D eigenvalue weighted by Crippen LogP contribution is -2.66. The molecule has 0 aromatic carbocycles. The lowest BCUT2D eigenvalue weighted by atomic mass is 9.84. The summed E-state index contributed by atoms with van der Waals surface area (Å²) in [5.41, 5.74) is 5.64. The van der Waals surface area contributed by atoms with Gasteiger partial charge in [-0.2, -0.15) is 0 Å². The van der Waals surface area contributed by atoms with Crippen molar-refractivity contribution < 1.29 is 172 Å². The molecule has 3 aliphatic rings. The number of esters is 9. The van der Waals surface area contributed by atoms with Crippen LogP contribution in [-0.4, -0.2) is 323 Å². The molecule has 0 aromatic heterocycles. The van der Waals surface area contributed by atoms with Gasteiger partial charge in [-0.05, 0) is 77.0 Å². The molecule has 3 saturated heterocycles. The molecule has 11 N–H and O–H groups in total. The Kier molecular flexibility index (Phi) is 53.0. The summed E-state index contributed by atoms with van der Waals surface area (Å²) in [4.78, 5) is 222. The molecule has 46 nitrogen and oxygen atoms in total. The molecule has 3 aliphatic heterocycles. The average molecular weight is 1790 g/mol. The maximum absolute atomic E-state index is 13.2. The summed E-state index contributed by atoms with van der Waals surface area (Å²) in [7, 11) is 0. The third-order valence-electron chi connectivity index (χ3n) is 18.4. The number of ether oxygens (including phenoxy) is 18. The van der Waals surface area contributed by atoms with Crippen LogP contribution in [0, 0.1) is 0 Å². The fraction of sp³-hybridized carbons (Fsp3) is 0.772. The number of hydrogen-bond donors (Lipinski definition) is 10. The van der Waals surface area contributed by atoms with E-state index in [0.717, 1.165) is 62.3 Å². The van der Waals surface area contributed by atoms with Crippen molar-refractivity contribution in [2.24, 2.45) is 5.73 Å². The first-order valence-corrected chi connectivity index (χ1v) is 41.4.